The fourth-order valence-corrected chi connectivity index (χ4v) is 1.53. The number of Topliss-reactive ketones (excluding diaryl/α,β-unsaturated/α-hetero) is 1. The number of halogens is 3. The maximum Gasteiger partial charge on any atom is 0.416 e. The summed E-state index contributed by atoms with van der Waals surface area (Å²) in [5, 5.41) is 3.52. The standard InChI is InChI=1S/C12H8F3NO2/c1-7(17)11-10(6-18-16-11)8-2-4-9(5-3-8)12(13,14)15/h2-6H,1H3. The van der Waals surface area contributed by atoms with Crippen LogP contribution in [0.5, 0.6) is 0 Å². The van der Waals surface area contributed by atoms with E-state index in [1.165, 1.54) is 25.3 Å². The smallest absolute Gasteiger partial charge is 0.363 e. The molecular formula is C12H8F3NO2. The topological polar surface area (TPSA) is 43.1 Å². The normalized spacial score (nSPS) is 11.6. The summed E-state index contributed by atoms with van der Waals surface area (Å²) in [4.78, 5) is 11.2. The van der Waals surface area contributed by atoms with E-state index >= 15 is 0 Å². The van der Waals surface area contributed by atoms with E-state index in [0.717, 1.165) is 12.1 Å². The van der Waals surface area contributed by atoms with Crippen molar-refractivity contribution in [1.29, 1.82) is 0 Å². The first-order chi connectivity index (χ1) is 8.39. The van der Waals surface area contributed by atoms with Crippen molar-refractivity contribution in [3.63, 3.8) is 0 Å². The number of hydrogen-bond donors (Lipinski definition) is 0. The first-order valence-electron chi connectivity index (χ1n) is 5.02. The Kier molecular flexibility index (Phi) is 2.94. The molecule has 0 aliphatic carbocycles. The van der Waals surface area contributed by atoms with Gasteiger partial charge in [0.15, 0.2) is 11.5 Å². The molecule has 0 spiro atoms. The fraction of sp³-hybridized carbons (Fsp3) is 0.167. The van der Waals surface area contributed by atoms with Crippen LogP contribution in [0, 0.1) is 0 Å². The van der Waals surface area contributed by atoms with Crippen molar-refractivity contribution >= 4 is 5.78 Å². The van der Waals surface area contributed by atoms with Gasteiger partial charge in [-0.25, -0.2) is 0 Å². The van der Waals surface area contributed by atoms with Crippen molar-refractivity contribution in [2.24, 2.45) is 0 Å². The number of aromatic nitrogens is 1. The summed E-state index contributed by atoms with van der Waals surface area (Å²) in [6.45, 7) is 1.31. The first kappa shape index (κ1) is 12.3. The van der Waals surface area contributed by atoms with Crippen LogP contribution in [0.2, 0.25) is 0 Å². The molecule has 6 heteroatoms. The van der Waals surface area contributed by atoms with Crippen LogP contribution in [0.1, 0.15) is 23.0 Å². The summed E-state index contributed by atoms with van der Waals surface area (Å²) >= 11 is 0. The molecule has 0 bridgehead atoms. The van der Waals surface area contributed by atoms with E-state index < -0.39 is 11.7 Å². The average molecular weight is 255 g/mol. The van der Waals surface area contributed by atoms with Crippen LogP contribution in [0.4, 0.5) is 13.2 Å². The third-order valence-corrected chi connectivity index (χ3v) is 2.43. The van der Waals surface area contributed by atoms with Gasteiger partial charge in [0.25, 0.3) is 0 Å². The zero-order valence-electron chi connectivity index (χ0n) is 9.28. The van der Waals surface area contributed by atoms with Crippen LogP contribution in [-0.2, 0) is 6.18 Å². The van der Waals surface area contributed by atoms with Gasteiger partial charge in [-0.3, -0.25) is 4.79 Å². The van der Waals surface area contributed by atoms with Gasteiger partial charge in [-0.05, 0) is 17.7 Å². The van der Waals surface area contributed by atoms with Crippen LogP contribution in [0.3, 0.4) is 0 Å². The molecule has 0 aliphatic heterocycles. The van der Waals surface area contributed by atoms with E-state index in [9.17, 15) is 18.0 Å². The van der Waals surface area contributed by atoms with Crippen LogP contribution in [0.25, 0.3) is 11.1 Å². The van der Waals surface area contributed by atoms with Gasteiger partial charge in [0.1, 0.15) is 6.26 Å². The summed E-state index contributed by atoms with van der Waals surface area (Å²) in [6, 6.07) is 4.46. The molecule has 2 rings (SSSR count). The van der Waals surface area contributed by atoms with E-state index in [1.807, 2.05) is 0 Å². The summed E-state index contributed by atoms with van der Waals surface area (Å²) in [5.74, 6) is -0.307. The highest BCUT2D eigenvalue weighted by atomic mass is 19.4. The maximum absolute atomic E-state index is 12.4. The summed E-state index contributed by atoms with van der Waals surface area (Å²) < 4.78 is 41.8. The van der Waals surface area contributed by atoms with Gasteiger partial charge < -0.3 is 4.52 Å². The molecule has 0 saturated heterocycles. The maximum atomic E-state index is 12.4. The van der Waals surface area contributed by atoms with Crippen molar-refractivity contribution in [3.05, 3.63) is 41.8 Å². The molecule has 1 aromatic carbocycles. The van der Waals surface area contributed by atoms with Crippen LogP contribution in [0.15, 0.2) is 35.1 Å². The first-order valence-corrected chi connectivity index (χ1v) is 5.02. The van der Waals surface area contributed by atoms with Crippen molar-refractivity contribution in [3.8, 4) is 11.1 Å². The molecule has 94 valence electrons. The van der Waals surface area contributed by atoms with Crippen LogP contribution < -0.4 is 0 Å². The van der Waals surface area contributed by atoms with Gasteiger partial charge in [0.05, 0.1) is 11.1 Å². The van der Waals surface area contributed by atoms with Gasteiger partial charge >= 0.3 is 6.18 Å². The Hall–Kier alpha value is -2.11. The van der Waals surface area contributed by atoms with Crippen LogP contribution >= 0.6 is 0 Å². The Morgan fingerprint density at radius 1 is 1.22 bits per heavy atom. The third-order valence-electron chi connectivity index (χ3n) is 2.43. The number of rotatable bonds is 2. The molecule has 0 fully saturated rings. The lowest BCUT2D eigenvalue weighted by Gasteiger charge is -2.06. The number of hydrogen-bond acceptors (Lipinski definition) is 3. The molecule has 0 amide bonds. The Balaban J connectivity index is 2.41. The summed E-state index contributed by atoms with van der Waals surface area (Å²) in [6.07, 6.45) is -3.14. The molecule has 2 aromatic rings. The number of benzene rings is 1. The highest BCUT2D eigenvalue weighted by Gasteiger charge is 2.30. The summed E-state index contributed by atoms with van der Waals surface area (Å²) in [7, 11) is 0. The highest BCUT2D eigenvalue weighted by molar-refractivity contribution is 5.98. The minimum atomic E-state index is -4.38. The van der Waals surface area contributed by atoms with Crippen molar-refractivity contribution < 1.29 is 22.5 Å². The zero-order valence-corrected chi connectivity index (χ0v) is 9.28. The average Bonchev–Trinajstić information content (AvgIpc) is 2.77. The number of carbonyl (C=O) groups excluding carboxylic acids is 1. The third kappa shape index (κ3) is 2.27. The molecule has 3 nitrogen and oxygen atoms in total. The monoisotopic (exact) mass is 255 g/mol. The second kappa shape index (κ2) is 4.29. The Morgan fingerprint density at radius 3 is 2.33 bits per heavy atom. The van der Waals surface area contributed by atoms with Crippen molar-refractivity contribution in [1.82, 2.24) is 5.16 Å². The number of carbonyl (C=O) groups is 1. The molecule has 0 radical (unpaired) electrons. The number of nitrogens with zero attached hydrogens (tertiary/aromatic N) is 1. The minimum absolute atomic E-state index is 0.106. The van der Waals surface area contributed by atoms with E-state index in [2.05, 4.69) is 9.68 Å². The van der Waals surface area contributed by atoms with E-state index in [4.69, 9.17) is 0 Å². The van der Waals surface area contributed by atoms with Gasteiger partial charge in [0, 0.05) is 6.92 Å². The molecule has 0 atom stereocenters. The molecule has 1 aromatic heterocycles. The van der Waals surface area contributed by atoms with Crippen molar-refractivity contribution in [2.45, 2.75) is 13.1 Å². The van der Waals surface area contributed by atoms with Crippen LogP contribution in [-0.4, -0.2) is 10.9 Å². The minimum Gasteiger partial charge on any atom is -0.363 e. The Labute approximate surface area is 100 Å². The predicted octanol–water partition coefficient (Wildman–Crippen LogP) is 3.56. The largest absolute Gasteiger partial charge is 0.416 e. The molecule has 0 saturated carbocycles. The lowest BCUT2D eigenvalue weighted by Crippen LogP contribution is -2.04. The van der Waals surface area contributed by atoms with E-state index in [1.54, 1.807) is 0 Å². The number of ketones is 1. The molecule has 18 heavy (non-hydrogen) atoms. The lowest BCUT2D eigenvalue weighted by molar-refractivity contribution is -0.137. The van der Waals surface area contributed by atoms with Gasteiger partial charge in [-0.2, -0.15) is 13.2 Å². The second-order valence-electron chi connectivity index (χ2n) is 3.71. The van der Waals surface area contributed by atoms with E-state index in [0.29, 0.717) is 11.1 Å². The predicted molar refractivity (Wildman–Crippen MR) is 56.9 cm³/mol. The lowest BCUT2D eigenvalue weighted by atomic mass is 10.0. The number of alkyl halides is 3. The molecule has 0 aliphatic rings. The van der Waals surface area contributed by atoms with E-state index in [-0.39, 0.29) is 11.5 Å². The zero-order chi connectivity index (χ0) is 13.3. The van der Waals surface area contributed by atoms with Gasteiger partial charge in [0.2, 0.25) is 0 Å². The Bertz CT molecular complexity index is 570. The molecule has 1 heterocycles. The van der Waals surface area contributed by atoms with Gasteiger partial charge in [-0.15, -0.1) is 0 Å². The highest BCUT2D eigenvalue weighted by Crippen LogP contribution is 2.31. The van der Waals surface area contributed by atoms with Gasteiger partial charge in [-0.1, -0.05) is 17.3 Å². The van der Waals surface area contributed by atoms with Crippen molar-refractivity contribution in [2.75, 3.05) is 0 Å². The molecule has 0 unspecified atom stereocenters. The molecular weight excluding hydrogens is 247 g/mol. The SMILES string of the molecule is CC(=O)c1nocc1-c1ccc(C(F)(F)F)cc1. The quantitative estimate of drug-likeness (QED) is 0.770. The molecule has 0 N–H and O–H groups in total. The summed E-state index contributed by atoms with van der Waals surface area (Å²) in [5.41, 5.74) is 0.201. The Morgan fingerprint density at radius 2 is 1.83 bits per heavy atom. The fourth-order valence-electron chi connectivity index (χ4n) is 1.53. The second-order valence-corrected chi connectivity index (χ2v) is 3.71.